The third-order valence-electron chi connectivity index (χ3n) is 2.56. The van der Waals surface area contributed by atoms with Gasteiger partial charge in [-0.15, -0.1) is 0 Å². The summed E-state index contributed by atoms with van der Waals surface area (Å²) in [5.74, 6) is -1.59. The Morgan fingerprint density at radius 3 is 2.89 bits per heavy atom. The highest BCUT2D eigenvalue weighted by Gasteiger charge is 2.14. The van der Waals surface area contributed by atoms with E-state index < -0.39 is 11.8 Å². The van der Waals surface area contributed by atoms with Crippen LogP contribution in [0.5, 0.6) is 0 Å². The minimum absolute atomic E-state index is 0.0421. The summed E-state index contributed by atoms with van der Waals surface area (Å²) >= 11 is 0. The fourth-order valence-corrected chi connectivity index (χ4v) is 1.65. The third-order valence-corrected chi connectivity index (χ3v) is 2.56. The van der Waals surface area contributed by atoms with Crippen LogP contribution in [0, 0.1) is 17.1 Å². The van der Waals surface area contributed by atoms with E-state index in [0.29, 0.717) is 18.7 Å². The predicted molar refractivity (Wildman–Crippen MR) is 65.9 cm³/mol. The number of carboxylic acids is 1. The number of rotatable bonds is 7. The first kappa shape index (κ1) is 15.1. The lowest BCUT2D eigenvalue weighted by Crippen LogP contribution is -2.32. The van der Waals surface area contributed by atoms with E-state index in [1.807, 2.05) is 0 Å². The maximum Gasteiger partial charge on any atom is 0.317 e. The molecular weight excluding hydrogens is 251 g/mol. The number of hydrogen-bond acceptors (Lipinski definition) is 4. The maximum absolute atomic E-state index is 13.9. The van der Waals surface area contributed by atoms with Crippen LogP contribution in [0.4, 0.5) is 4.39 Å². The van der Waals surface area contributed by atoms with Crippen LogP contribution in [0.15, 0.2) is 18.2 Å². The highest BCUT2D eigenvalue weighted by molar-refractivity contribution is 5.69. The smallest absolute Gasteiger partial charge is 0.317 e. The first-order valence-electron chi connectivity index (χ1n) is 5.69. The van der Waals surface area contributed by atoms with Gasteiger partial charge in [0, 0.05) is 25.8 Å². The molecule has 1 rings (SSSR count). The molecule has 0 fully saturated rings. The molecule has 102 valence electrons. The van der Waals surface area contributed by atoms with Crippen molar-refractivity contribution in [3.63, 3.8) is 0 Å². The summed E-state index contributed by atoms with van der Waals surface area (Å²) in [6.45, 7) is 0.641. The number of nitrogens with zero attached hydrogens (tertiary/aromatic N) is 2. The average Bonchev–Trinajstić information content (AvgIpc) is 2.37. The van der Waals surface area contributed by atoms with Gasteiger partial charge in [0.1, 0.15) is 11.9 Å². The highest BCUT2D eigenvalue weighted by atomic mass is 19.1. The Morgan fingerprint density at radius 2 is 2.32 bits per heavy atom. The Kier molecular flexibility index (Phi) is 5.93. The Balaban J connectivity index is 2.83. The predicted octanol–water partition coefficient (Wildman–Crippen LogP) is 1.23. The van der Waals surface area contributed by atoms with Gasteiger partial charge in [0.05, 0.1) is 18.7 Å². The summed E-state index contributed by atoms with van der Waals surface area (Å²) in [6, 6.07) is 6.26. The van der Waals surface area contributed by atoms with Crippen LogP contribution in [0.3, 0.4) is 0 Å². The standard InChI is InChI=1S/C13H15FN2O3/c1-19-6-5-16(9-12(17)18)8-11-4-2-3-10(7-15)13(11)14/h2-4H,5-6,8-9H2,1H3,(H,17,18). The number of benzene rings is 1. The molecule has 0 saturated carbocycles. The molecule has 0 amide bonds. The first-order valence-corrected chi connectivity index (χ1v) is 5.69. The van der Waals surface area contributed by atoms with E-state index >= 15 is 0 Å². The fraction of sp³-hybridized carbons (Fsp3) is 0.385. The molecule has 0 saturated heterocycles. The molecule has 0 aliphatic rings. The molecule has 19 heavy (non-hydrogen) atoms. The Hall–Kier alpha value is -1.97. The van der Waals surface area contributed by atoms with Gasteiger partial charge in [-0.1, -0.05) is 12.1 Å². The second kappa shape index (κ2) is 7.46. The second-order valence-corrected chi connectivity index (χ2v) is 3.99. The van der Waals surface area contributed by atoms with E-state index in [0.717, 1.165) is 0 Å². The number of halogens is 1. The summed E-state index contributed by atoms with van der Waals surface area (Å²) in [4.78, 5) is 12.3. The number of carbonyl (C=O) groups is 1. The van der Waals surface area contributed by atoms with Gasteiger partial charge < -0.3 is 9.84 Å². The minimum Gasteiger partial charge on any atom is -0.480 e. The van der Waals surface area contributed by atoms with Crippen LogP contribution in [-0.4, -0.2) is 42.8 Å². The molecule has 0 atom stereocenters. The molecule has 1 aromatic carbocycles. The largest absolute Gasteiger partial charge is 0.480 e. The summed E-state index contributed by atoms with van der Waals surface area (Å²) in [5.41, 5.74) is 0.260. The van der Waals surface area contributed by atoms with Crippen LogP contribution in [0.25, 0.3) is 0 Å². The van der Waals surface area contributed by atoms with E-state index in [-0.39, 0.29) is 18.7 Å². The molecule has 0 aliphatic heterocycles. The van der Waals surface area contributed by atoms with Gasteiger partial charge in [-0.05, 0) is 6.07 Å². The Morgan fingerprint density at radius 1 is 1.58 bits per heavy atom. The van der Waals surface area contributed by atoms with Crippen molar-refractivity contribution in [1.82, 2.24) is 4.90 Å². The monoisotopic (exact) mass is 266 g/mol. The van der Waals surface area contributed by atoms with Crippen molar-refractivity contribution in [2.75, 3.05) is 26.8 Å². The molecule has 0 radical (unpaired) electrons. The van der Waals surface area contributed by atoms with Gasteiger partial charge in [-0.3, -0.25) is 9.69 Å². The zero-order valence-electron chi connectivity index (χ0n) is 10.6. The summed E-state index contributed by atoms with van der Waals surface area (Å²) in [5, 5.41) is 17.5. The molecule has 6 heteroatoms. The molecular formula is C13H15FN2O3. The third kappa shape index (κ3) is 4.66. The Bertz CT molecular complexity index is 485. The van der Waals surface area contributed by atoms with Crippen LogP contribution in [0.2, 0.25) is 0 Å². The minimum atomic E-state index is -0.993. The van der Waals surface area contributed by atoms with Crippen molar-refractivity contribution in [2.24, 2.45) is 0 Å². The van der Waals surface area contributed by atoms with Crippen LogP contribution in [0.1, 0.15) is 11.1 Å². The highest BCUT2D eigenvalue weighted by Crippen LogP contribution is 2.14. The van der Waals surface area contributed by atoms with Crippen molar-refractivity contribution in [3.8, 4) is 6.07 Å². The van der Waals surface area contributed by atoms with E-state index in [2.05, 4.69) is 0 Å². The van der Waals surface area contributed by atoms with Crippen LogP contribution < -0.4 is 0 Å². The molecule has 1 aromatic rings. The number of methoxy groups -OCH3 is 1. The van der Waals surface area contributed by atoms with E-state index in [1.54, 1.807) is 17.0 Å². The topological polar surface area (TPSA) is 73.6 Å². The lowest BCUT2D eigenvalue weighted by molar-refractivity contribution is -0.138. The van der Waals surface area contributed by atoms with Gasteiger partial charge in [0.15, 0.2) is 0 Å². The molecule has 0 heterocycles. The number of nitriles is 1. The Labute approximate surface area is 110 Å². The van der Waals surface area contributed by atoms with Crippen molar-refractivity contribution >= 4 is 5.97 Å². The summed E-state index contributed by atoms with van der Waals surface area (Å²) < 4.78 is 18.8. The quantitative estimate of drug-likeness (QED) is 0.803. The van der Waals surface area contributed by atoms with Gasteiger partial charge in [-0.25, -0.2) is 4.39 Å². The van der Waals surface area contributed by atoms with Gasteiger partial charge in [0.2, 0.25) is 0 Å². The second-order valence-electron chi connectivity index (χ2n) is 3.99. The van der Waals surface area contributed by atoms with Gasteiger partial charge in [0.25, 0.3) is 0 Å². The van der Waals surface area contributed by atoms with Gasteiger partial charge >= 0.3 is 5.97 Å². The van der Waals surface area contributed by atoms with Crippen molar-refractivity contribution in [2.45, 2.75) is 6.54 Å². The molecule has 0 aliphatic carbocycles. The number of hydrogen-bond donors (Lipinski definition) is 1. The lowest BCUT2D eigenvalue weighted by atomic mass is 10.1. The van der Waals surface area contributed by atoms with Crippen molar-refractivity contribution in [3.05, 3.63) is 35.1 Å². The summed E-state index contributed by atoms with van der Waals surface area (Å²) in [7, 11) is 1.51. The molecule has 5 nitrogen and oxygen atoms in total. The SMILES string of the molecule is COCCN(CC(=O)O)Cc1cccc(C#N)c1F. The molecule has 0 unspecified atom stereocenters. The van der Waals surface area contributed by atoms with Crippen molar-refractivity contribution in [1.29, 1.82) is 5.26 Å². The zero-order chi connectivity index (χ0) is 14.3. The number of aliphatic carboxylic acids is 1. The molecule has 0 bridgehead atoms. The number of ether oxygens (including phenoxy) is 1. The molecule has 0 spiro atoms. The van der Waals surface area contributed by atoms with Crippen LogP contribution in [-0.2, 0) is 16.1 Å². The van der Waals surface area contributed by atoms with Crippen LogP contribution >= 0.6 is 0 Å². The van der Waals surface area contributed by atoms with E-state index in [9.17, 15) is 9.18 Å². The zero-order valence-corrected chi connectivity index (χ0v) is 10.6. The first-order chi connectivity index (χ1) is 9.08. The molecule has 0 aromatic heterocycles. The van der Waals surface area contributed by atoms with E-state index in [4.69, 9.17) is 15.1 Å². The average molecular weight is 266 g/mol. The van der Waals surface area contributed by atoms with Crippen molar-refractivity contribution < 1.29 is 19.0 Å². The van der Waals surface area contributed by atoms with E-state index in [1.165, 1.54) is 19.2 Å². The normalized spacial score (nSPS) is 10.4. The van der Waals surface area contributed by atoms with Gasteiger partial charge in [-0.2, -0.15) is 5.26 Å². The summed E-state index contributed by atoms with van der Waals surface area (Å²) in [6.07, 6.45) is 0. The molecule has 1 N–H and O–H groups in total. The maximum atomic E-state index is 13.9. The number of carboxylic acid groups (broad SMARTS) is 1. The fourth-order valence-electron chi connectivity index (χ4n) is 1.65. The lowest BCUT2D eigenvalue weighted by Gasteiger charge is -2.20.